The van der Waals surface area contributed by atoms with Gasteiger partial charge in [-0.1, -0.05) is 6.92 Å². The van der Waals surface area contributed by atoms with Crippen LogP contribution in [0.3, 0.4) is 0 Å². The molecule has 0 spiro atoms. The third-order valence-electron chi connectivity index (χ3n) is 3.31. The summed E-state index contributed by atoms with van der Waals surface area (Å²) < 4.78 is 23.4. The Bertz CT molecular complexity index is 496. The molecule has 5 heteroatoms. The molecule has 0 unspecified atom stereocenters. The average Bonchev–Trinajstić information content (AvgIpc) is 2.39. The first-order valence-electron chi connectivity index (χ1n) is 6.34. The number of benzene rings is 1. The summed E-state index contributed by atoms with van der Waals surface area (Å²) in [6.07, 6.45) is 0. The molecule has 18 heavy (non-hydrogen) atoms. The van der Waals surface area contributed by atoms with Crippen molar-refractivity contribution in [3.63, 3.8) is 0 Å². The van der Waals surface area contributed by atoms with Crippen molar-refractivity contribution in [3.05, 3.63) is 24.3 Å². The Morgan fingerprint density at radius 1 is 1.33 bits per heavy atom. The number of hydrogen-bond acceptors (Lipinski definition) is 4. The standard InChI is InChI=1S/C13H20N2O2S/c1-3-18(16,17)13-6-4-12(5-7-13)15-9-8-14-11(2)10-15/h4-7,11,14H,3,8-10H2,1-2H3/t11-/m1/s1. The molecule has 0 amide bonds. The molecule has 2 rings (SSSR count). The first-order chi connectivity index (χ1) is 8.53. The highest BCUT2D eigenvalue weighted by Gasteiger charge is 2.17. The zero-order valence-electron chi connectivity index (χ0n) is 10.9. The molecule has 1 aromatic carbocycles. The number of nitrogens with zero attached hydrogens (tertiary/aromatic N) is 1. The van der Waals surface area contributed by atoms with Crippen LogP contribution < -0.4 is 10.2 Å². The number of rotatable bonds is 3. The molecule has 0 saturated carbocycles. The summed E-state index contributed by atoms with van der Waals surface area (Å²) in [5.74, 6) is 0.150. The molecule has 100 valence electrons. The zero-order valence-corrected chi connectivity index (χ0v) is 11.7. The number of hydrogen-bond donors (Lipinski definition) is 1. The van der Waals surface area contributed by atoms with Crippen LogP contribution in [0.1, 0.15) is 13.8 Å². The van der Waals surface area contributed by atoms with Gasteiger partial charge in [0.1, 0.15) is 0 Å². The minimum Gasteiger partial charge on any atom is -0.369 e. The number of piperazine rings is 1. The molecule has 1 N–H and O–H groups in total. The summed E-state index contributed by atoms with van der Waals surface area (Å²) >= 11 is 0. The second-order valence-electron chi connectivity index (χ2n) is 4.70. The predicted octanol–water partition coefficient (Wildman–Crippen LogP) is 1.28. The van der Waals surface area contributed by atoms with E-state index in [0.29, 0.717) is 10.9 Å². The molecular formula is C13H20N2O2S. The van der Waals surface area contributed by atoms with Gasteiger partial charge in [-0.15, -0.1) is 0 Å². The second kappa shape index (κ2) is 5.28. The molecule has 1 saturated heterocycles. The van der Waals surface area contributed by atoms with Crippen LogP contribution in [0.2, 0.25) is 0 Å². The molecular weight excluding hydrogens is 248 g/mol. The van der Waals surface area contributed by atoms with Crippen LogP contribution in [0.4, 0.5) is 5.69 Å². The van der Waals surface area contributed by atoms with Crippen molar-refractivity contribution in [2.45, 2.75) is 24.8 Å². The van der Waals surface area contributed by atoms with Crippen LogP contribution in [0.25, 0.3) is 0 Å². The van der Waals surface area contributed by atoms with Gasteiger partial charge in [0.25, 0.3) is 0 Å². The van der Waals surface area contributed by atoms with E-state index >= 15 is 0 Å². The minimum atomic E-state index is -3.09. The molecule has 0 aliphatic carbocycles. The SMILES string of the molecule is CCS(=O)(=O)c1ccc(N2CCN[C@H](C)C2)cc1. The van der Waals surface area contributed by atoms with Gasteiger partial charge in [0.2, 0.25) is 0 Å². The molecule has 0 aromatic heterocycles. The van der Waals surface area contributed by atoms with Crippen molar-refractivity contribution in [1.29, 1.82) is 0 Å². The first-order valence-corrected chi connectivity index (χ1v) is 7.99. The lowest BCUT2D eigenvalue weighted by Crippen LogP contribution is -2.49. The van der Waals surface area contributed by atoms with Crippen LogP contribution >= 0.6 is 0 Å². The Labute approximate surface area is 109 Å². The van der Waals surface area contributed by atoms with E-state index < -0.39 is 9.84 Å². The molecule has 0 radical (unpaired) electrons. The Kier molecular flexibility index (Phi) is 3.92. The summed E-state index contributed by atoms with van der Waals surface area (Å²) in [5, 5.41) is 3.39. The maximum absolute atomic E-state index is 11.7. The maximum Gasteiger partial charge on any atom is 0.178 e. The number of nitrogens with one attached hydrogen (secondary N) is 1. The monoisotopic (exact) mass is 268 g/mol. The lowest BCUT2D eigenvalue weighted by Gasteiger charge is -2.33. The van der Waals surface area contributed by atoms with Crippen molar-refractivity contribution in [2.24, 2.45) is 0 Å². The van der Waals surface area contributed by atoms with Gasteiger partial charge in [0, 0.05) is 31.4 Å². The normalized spacial score (nSPS) is 21.0. The van der Waals surface area contributed by atoms with Crippen molar-refractivity contribution >= 4 is 15.5 Å². The van der Waals surface area contributed by atoms with E-state index in [4.69, 9.17) is 0 Å². The highest BCUT2D eigenvalue weighted by atomic mass is 32.2. The van der Waals surface area contributed by atoms with Gasteiger partial charge in [-0.05, 0) is 31.2 Å². The maximum atomic E-state index is 11.7. The van der Waals surface area contributed by atoms with Crippen molar-refractivity contribution in [3.8, 4) is 0 Å². The Morgan fingerprint density at radius 2 is 2.00 bits per heavy atom. The van der Waals surface area contributed by atoms with Gasteiger partial charge in [-0.25, -0.2) is 8.42 Å². The summed E-state index contributed by atoms with van der Waals surface area (Å²) in [7, 11) is -3.09. The zero-order chi connectivity index (χ0) is 13.2. The average molecular weight is 268 g/mol. The Morgan fingerprint density at radius 3 is 2.56 bits per heavy atom. The Hall–Kier alpha value is -1.07. The van der Waals surface area contributed by atoms with Gasteiger partial charge >= 0.3 is 0 Å². The smallest absolute Gasteiger partial charge is 0.178 e. The highest BCUT2D eigenvalue weighted by molar-refractivity contribution is 7.91. The quantitative estimate of drug-likeness (QED) is 0.897. The second-order valence-corrected chi connectivity index (χ2v) is 6.98. The van der Waals surface area contributed by atoms with Gasteiger partial charge in [-0.3, -0.25) is 0 Å². The summed E-state index contributed by atoms with van der Waals surface area (Å²) in [4.78, 5) is 2.70. The first kappa shape index (κ1) is 13.4. The van der Waals surface area contributed by atoms with E-state index in [1.807, 2.05) is 12.1 Å². The van der Waals surface area contributed by atoms with E-state index in [2.05, 4.69) is 17.1 Å². The van der Waals surface area contributed by atoms with Crippen LogP contribution in [0.15, 0.2) is 29.2 Å². The summed E-state index contributed by atoms with van der Waals surface area (Å²) in [6.45, 7) is 6.71. The van der Waals surface area contributed by atoms with Gasteiger partial charge in [-0.2, -0.15) is 0 Å². The van der Waals surface area contributed by atoms with Crippen LogP contribution in [0, 0.1) is 0 Å². The fourth-order valence-electron chi connectivity index (χ4n) is 2.20. The fraction of sp³-hybridized carbons (Fsp3) is 0.538. The topological polar surface area (TPSA) is 49.4 Å². The lowest BCUT2D eigenvalue weighted by molar-refractivity contribution is 0.485. The third kappa shape index (κ3) is 2.84. The third-order valence-corrected chi connectivity index (χ3v) is 5.06. The molecule has 0 bridgehead atoms. The molecule has 4 nitrogen and oxygen atoms in total. The molecule has 1 aromatic rings. The van der Waals surface area contributed by atoms with E-state index in [1.165, 1.54) is 0 Å². The van der Waals surface area contributed by atoms with E-state index in [9.17, 15) is 8.42 Å². The minimum absolute atomic E-state index is 0.150. The number of anilines is 1. The van der Waals surface area contributed by atoms with Crippen LogP contribution in [-0.2, 0) is 9.84 Å². The molecule has 1 aliphatic rings. The summed E-state index contributed by atoms with van der Waals surface area (Å²) in [5.41, 5.74) is 1.10. The van der Waals surface area contributed by atoms with E-state index in [0.717, 1.165) is 25.3 Å². The molecule has 1 fully saturated rings. The van der Waals surface area contributed by atoms with Crippen LogP contribution in [-0.4, -0.2) is 39.8 Å². The largest absolute Gasteiger partial charge is 0.369 e. The number of sulfone groups is 1. The predicted molar refractivity (Wildman–Crippen MR) is 73.8 cm³/mol. The van der Waals surface area contributed by atoms with Gasteiger partial charge in [0.15, 0.2) is 9.84 Å². The highest BCUT2D eigenvalue weighted by Crippen LogP contribution is 2.19. The Balaban J connectivity index is 2.17. The van der Waals surface area contributed by atoms with Gasteiger partial charge in [0.05, 0.1) is 10.6 Å². The molecule has 1 atom stereocenters. The van der Waals surface area contributed by atoms with Gasteiger partial charge < -0.3 is 10.2 Å². The van der Waals surface area contributed by atoms with Crippen molar-refractivity contribution in [1.82, 2.24) is 5.32 Å². The fourth-order valence-corrected chi connectivity index (χ4v) is 3.08. The van der Waals surface area contributed by atoms with Crippen LogP contribution in [0.5, 0.6) is 0 Å². The molecule has 1 aliphatic heterocycles. The van der Waals surface area contributed by atoms with E-state index in [-0.39, 0.29) is 5.75 Å². The molecule has 1 heterocycles. The van der Waals surface area contributed by atoms with E-state index in [1.54, 1.807) is 19.1 Å². The summed E-state index contributed by atoms with van der Waals surface area (Å²) in [6, 6.07) is 7.70. The lowest BCUT2D eigenvalue weighted by atomic mass is 10.2. The van der Waals surface area contributed by atoms with Crippen molar-refractivity contribution < 1.29 is 8.42 Å². The van der Waals surface area contributed by atoms with Crippen molar-refractivity contribution in [2.75, 3.05) is 30.3 Å².